The highest BCUT2D eigenvalue weighted by Gasteiger charge is 2.22. The molecule has 2 rings (SSSR count). The van der Waals surface area contributed by atoms with Crippen LogP contribution in [-0.2, 0) is 23.1 Å². The Kier molecular flexibility index (Phi) is 6.23. The lowest BCUT2D eigenvalue weighted by molar-refractivity contribution is -0.121. The summed E-state index contributed by atoms with van der Waals surface area (Å²) in [6.07, 6.45) is 1.77. The van der Waals surface area contributed by atoms with E-state index in [1.54, 1.807) is 7.11 Å². The Bertz CT molecular complexity index is 697. The van der Waals surface area contributed by atoms with E-state index in [-0.39, 0.29) is 11.3 Å². The summed E-state index contributed by atoms with van der Waals surface area (Å²) in [5, 5.41) is 2.95. The van der Waals surface area contributed by atoms with E-state index in [9.17, 15) is 4.79 Å². The summed E-state index contributed by atoms with van der Waals surface area (Å²) in [4.78, 5) is 16.5. The van der Waals surface area contributed by atoms with E-state index >= 15 is 0 Å². The number of aryl methyl sites for hydroxylation is 2. The van der Waals surface area contributed by atoms with Crippen molar-refractivity contribution >= 4 is 5.91 Å². The van der Waals surface area contributed by atoms with Crippen LogP contribution in [0.3, 0.4) is 0 Å². The number of ether oxygens (including phenoxy) is 1. The standard InChI is InChI=1S/C20H28N2O3/c1-14-17(25-19(22-14)20(2,3)4)10-11-18(23)21-13-12-15-6-8-16(24-5)9-7-15/h6-9H,10-13H2,1-5H3,(H,21,23). The van der Waals surface area contributed by atoms with Gasteiger partial charge in [0.15, 0.2) is 5.89 Å². The van der Waals surface area contributed by atoms with Crippen LogP contribution in [0.2, 0.25) is 0 Å². The first kappa shape index (κ1) is 19.0. The summed E-state index contributed by atoms with van der Waals surface area (Å²) in [5.74, 6) is 2.39. The van der Waals surface area contributed by atoms with Gasteiger partial charge >= 0.3 is 0 Å². The van der Waals surface area contributed by atoms with Crippen LogP contribution in [-0.4, -0.2) is 24.5 Å². The molecule has 0 fully saturated rings. The number of benzene rings is 1. The highest BCUT2D eigenvalue weighted by molar-refractivity contribution is 5.76. The normalized spacial score (nSPS) is 11.4. The van der Waals surface area contributed by atoms with Gasteiger partial charge in [-0.2, -0.15) is 0 Å². The summed E-state index contributed by atoms with van der Waals surface area (Å²) < 4.78 is 11.0. The van der Waals surface area contributed by atoms with E-state index in [1.165, 1.54) is 5.56 Å². The molecule has 0 aliphatic heterocycles. The number of carbonyl (C=O) groups excluding carboxylic acids is 1. The SMILES string of the molecule is COc1ccc(CCNC(=O)CCc2oc(C(C)(C)C)nc2C)cc1. The van der Waals surface area contributed by atoms with Crippen LogP contribution in [0.25, 0.3) is 0 Å². The average molecular weight is 344 g/mol. The van der Waals surface area contributed by atoms with Crippen LogP contribution in [0.5, 0.6) is 5.75 Å². The molecule has 2 aromatic rings. The van der Waals surface area contributed by atoms with E-state index in [4.69, 9.17) is 9.15 Å². The van der Waals surface area contributed by atoms with Gasteiger partial charge in [-0.25, -0.2) is 4.98 Å². The Labute approximate surface area is 149 Å². The fraction of sp³-hybridized carbons (Fsp3) is 0.500. The van der Waals surface area contributed by atoms with Gasteiger partial charge in [-0.1, -0.05) is 32.9 Å². The van der Waals surface area contributed by atoms with Gasteiger partial charge in [-0.15, -0.1) is 0 Å². The zero-order valence-electron chi connectivity index (χ0n) is 15.8. The van der Waals surface area contributed by atoms with Crippen molar-refractivity contribution < 1.29 is 13.9 Å². The number of rotatable bonds is 7. The van der Waals surface area contributed by atoms with Gasteiger partial charge in [0, 0.05) is 24.8 Å². The summed E-state index contributed by atoms with van der Waals surface area (Å²) >= 11 is 0. The molecule has 0 unspecified atom stereocenters. The highest BCUT2D eigenvalue weighted by Crippen LogP contribution is 2.24. The molecule has 0 spiro atoms. The number of carbonyl (C=O) groups is 1. The minimum absolute atomic E-state index is 0.0293. The minimum atomic E-state index is -0.121. The van der Waals surface area contributed by atoms with Crippen molar-refractivity contribution in [3.63, 3.8) is 0 Å². The number of oxazole rings is 1. The van der Waals surface area contributed by atoms with Crippen LogP contribution in [0.15, 0.2) is 28.7 Å². The second-order valence-electron chi connectivity index (χ2n) is 7.23. The zero-order valence-corrected chi connectivity index (χ0v) is 15.8. The first-order valence-corrected chi connectivity index (χ1v) is 8.66. The molecule has 0 aliphatic carbocycles. The first-order chi connectivity index (χ1) is 11.8. The van der Waals surface area contributed by atoms with Crippen molar-refractivity contribution in [2.75, 3.05) is 13.7 Å². The van der Waals surface area contributed by atoms with Crippen molar-refractivity contribution in [2.24, 2.45) is 0 Å². The summed E-state index contributed by atoms with van der Waals surface area (Å²) in [6.45, 7) is 8.74. The van der Waals surface area contributed by atoms with Crippen LogP contribution >= 0.6 is 0 Å². The molecule has 5 nitrogen and oxygen atoms in total. The summed E-state index contributed by atoms with van der Waals surface area (Å²) in [5.41, 5.74) is 1.92. The molecule has 0 aliphatic rings. The third-order valence-electron chi connectivity index (χ3n) is 4.01. The number of hydrogen-bond acceptors (Lipinski definition) is 4. The van der Waals surface area contributed by atoms with Crippen molar-refractivity contribution in [1.29, 1.82) is 0 Å². The molecular weight excluding hydrogens is 316 g/mol. The number of aromatic nitrogens is 1. The molecule has 0 saturated carbocycles. The quantitative estimate of drug-likeness (QED) is 0.834. The van der Waals surface area contributed by atoms with E-state index < -0.39 is 0 Å². The molecule has 0 atom stereocenters. The van der Waals surface area contributed by atoms with Gasteiger partial charge in [-0.05, 0) is 31.0 Å². The molecule has 1 N–H and O–H groups in total. The largest absolute Gasteiger partial charge is 0.497 e. The van der Waals surface area contributed by atoms with Crippen LogP contribution in [0.4, 0.5) is 0 Å². The van der Waals surface area contributed by atoms with Crippen molar-refractivity contribution in [1.82, 2.24) is 10.3 Å². The first-order valence-electron chi connectivity index (χ1n) is 8.66. The fourth-order valence-corrected chi connectivity index (χ4v) is 2.43. The van der Waals surface area contributed by atoms with E-state index in [0.29, 0.717) is 19.4 Å². The summed E-state index contributed by atoms with van der Waals surface area (Å²) in [7, 11) is 1.65. The molecule has 25 heavy (non-hydrogen) atoms. The molecule has 0 radical (unpaired) electrons. The number of hydrogen-bond donors (Lipinski definition) is 1. The minimum Gasteiger partial charge on any atom is -0.497 e. The lowest BCUT2D eigenvalue weighted by atomic mass is 9.97. The van der Waals surface area contributed by atoms with Gasteiger partial charge in [0.25, 0.3) is 0 Å². The van der Waals surface area contributed by atoms with Crippen LogP contribution in [0.1, 0.15) is 50.1 Å². The zero-order chi connectivity index (χ0) is 18.4. The second-order valence-corrected chi connectivity index (χ2v) is 7.23. The molecule has 0 saturated heterocycles. The molecule has 0 bridgehead atoms. The number of methoxy groups -OCH3 is 1. The number of nitrogens with one attached hydrogen (secondary N) is 1. The Morgan fingerprint density at radius 1 is 1.20 bits per heavy atom. The maximum atomic E-state index is 12.0. The van der Waals surface area contributed by atoms with Gasteiger partial charge in [0.05, 0.1) is 12.8 Å². The Balaban J connectivity index is 1.76. The van der Waals surface area contributed by atoms with E-state index in [0.717, 1.165) is 29.5 Å². The highest BCUT2D eigenvalue weighted by atomic mass is 16.5. The predicted octanol–water partition coefficient (Wildman–Crippen LogP) is 3.58. The van der Waals surface area contributed by atoms with Crippen molar-refractivity contribution in [3.8, 4) is 5.75 Å². The van der Waals surface area contributed by atoms with Gasteiger partial charge < -0.3 is 14.5 Å². The van der Waals surface area contributed by atoms with Gasteiger partial charge in [-0.3, -0.25) is 4.79 Å². The lowest BCUT2D eigenvalue weighted by Crippen LogP contribution is -2.25. The Hall–Kier alpha value is -2.30. The smallest absolute Gasteiger partial charge is 0.220 e. The molecular formula is C20H28N2O3. The number of nitrogens with zero attached hydrogens (tertiary/aromatic N) is 1. The summed E-state index contributed by atoms with van der Waals surface area (Å²) in [6, 6.07) is 7.88. The lowest BCUT2D eigenvalue weighted by Gasteiger charge is -2.12. The maximum Gasteiger partial charge on any atom is 0.220 e. The Morgan fingerprint density at radius 3 is 2.44 bits per heavy atom. The molecule has 5 heteroatoms. The third-order valence-corrected chi connectivity index (χ3v) is 4.01. The molecule has 1 heterocycles. The predicted molar refractivity (Wildman–Crippen MR) is 98.0 cm³/mol. The van der Waals surface area contributed by atoms with Gasteiger partial charge in [0.2, 0.25) is 5.91 Å². The van der Waals surface area contributed by atoms with Crippen molar-refractivity contribution in [3.05, 3.63) is 47.2 Å². The topological polar surface area (TPSA) is 64.4 Å². The molecule has 1 aromatic heterocycles. The number of amides is 1. The fourth-order valence-electron chi connectivity index (χ4n) is 2.43. The van der Waals surface area contributed by atoms with Crippen LogP contribution < -0.4 is 10.1 Å². The molecule has 1 aromatic carbocycles. The average Bonchev–Trinajstić information content (AvgIpc) is 2.95. The Morgan fingerprint density at radius 2 is 1.88 bits per heavy atom. The van der Waals surface area contributed by atoms with Crippen molar-refractivity contribution in [2.45, 2.75) is 52.4 Å². The second kappa shape index (κ2) is 8.19. The molecule has 1 amide bonds. The van der Waals surface area contributed by atoms with E-state index in [2.05, 4.69) is 31.1 Å². The van der Waals surface area contributed by atoms with E-state index in [1.807, 2.05) is 31.2 Å². The molecule has 136 valence electrons. The van der Waals surface area contributed by atoms with Gasteiger partial charge in [0.1, 0.15) is 11.5 Å². The maximum absolute atomic E-state index is 12.0. The third kappa shape index (κ3) is 5.62. The monoisotopic (exact) mass is 344 g/mol. The van der Waals surface area contributed by atoms with Crippen LogP contribution in [0, 0.1) is 6.92 Å².